The molecular weight excluding hydrogens is 256 g/mol. The van der Waals surface area contributed by atoms with Crippen LogP contribution in [0.25, 0.3) is 5.65 Å². The standard InChI is InChI=1S/C10H12N4O5/c15-3-4-7(17)8(18)9(19-4)10-12-11-5-1-2-6(16)13-14(5)10/h1-2,4,7-9,15,17-18H,3H2,(H,13,16)/t4-,7-,8-,9-/m1/s1. The van der Waals surface area contributed by atoms with Crippen molar-refractivity contribution in [1.82, 2.24) is 19.8 Å². The van der Waals surface area contributed by atoms with Crippen LogP contribution in [0.1, 0.15) is 11.9 Å². The highest BCUT2D eigenvalue weighted by molar-refractivity contribution is 5.35. The third-order valence-electron chi connectivity index (χ3n) is 3.12. The lowest BCUT2D eigenvalue weighted by Crippen LogP contribution is -2.32. The Hall–Kier alpha value is -1.81. The molecule has 0 saturated carbocycles. The van der Waals surface area contributed by atoms with E-state index in [-0.39, 0.29) is 11.4 Å². The third kappa shape index (κ3) is 1.83. The monoisotopic (exact) mass is 268 g/mol. The van der Waals surface area contributed by atoms with Gasteiger partial charge in [-0.25, -0.2) is 4.52 Å². The molecule has 4 N–H and O–H groups in total. The van der Waals surface area contributed by atoms with Crippen LogP contribution in [0.15, 0.2) is 16.9 Å². The van der Waals surface area contributed by atoms with Gasteiger partial charge in [0, 0.05) is 6.07 Å². The summed E-state index contributed by atoms with van der Waals surface area (Å²) in [4.78, 5) is 11.3. The van der Waals surface area contributed by atoms with E-state index in [1.54, 1.807) is 0 Å². The van der Waals surface area contributed by atoms with Gasteiger partial charge in [-0.3, -0.25) is 9.89 Å². The highest BCUT2D eigenvalue weighted by Gasteiger charge is 2.45. The molecule has 19 heavy (non-hydrogen) atoms. The molecule has 0 radical (unpaired) electrons. The van der Waals surface area contributed by atoms with E-state index >= 15 is 0 Å². The molecule has 9 heteroatoms. The molecule has 0 amide bonds. The molecule has 2 aromatic heterocycles. The molecule has 4 atom stereocenters. The Morgan fingerprint density at radius 2 is 2.11 bits per heavy atom. The maximum atomic E-state index is 11.3. The minimum absolute atomic E-state index is 0.162. The van der Waals surface area contributed by atoms with Crippen molar-refractivity contribution < 1.29 is 20.1 Å². The predicted molar refractivity (Wildman–Crippen MR) is 60.3 cm³/mol. The molecular formula is C10H12N4O5. The molecule has 0 spiro atoms. The number of ether oxygens (including phenoxy) is 1. The van der Waals surface area contributed by atoms with Gasteiger partial charge >= 0.3 is 0 Å². The molecule has 1 saturated heterocycles. The molecule has 1 aliphatic heterocycles. The fourth-order valence-electron chi connectivity index (χ4n) is 2.13. The number of nitrogens with zero attached hydrogens (tertiary/aromatic N) is 3. The SMILES string of the molecule is O=c1ccc2nnc([C@@H]3O[C@H](CO)[C@@H](O)[C@H]3O)n2[nH]1. The number of H-pyrrole nitrogens is 1. The Morgan fingerprint density at radius 1 is 1.32 bits per heavy atom. The number of aromatic nitrogens is 4. The molecule has 2 aromatic rings. The summed E-state index contributed by atoms with van der Waals surface area (Å²) in [6, 6.07) is 2.77. The van der Waals surface area contributed by atoms with Crippen LogP contribution in [-0.2, 0) is 4.74 Å². The Bertz CT molecular complexity index is 653. The van der Waals surface area contributed by atoms with Gasteiger partial charge in [0.1, 0.15) is 24.4 Å². The van der Waals surface area contributed by atoms with Crippen LogP contribution in [0.3, 0.4) is 0 Å². The third-order valence-corrected chi connectivity index (χ3v) is 3.12. The van der Waals surface area contributed by atoms with E-state index < -0.39 is 31.0 Å². The maximum absolute atomic E-state index is 11.3. The average Bonchev–Trinajstić information content (AvgIpc) is 2.92. The first-order chi connectivity index (χ1) is 9.11. The lowest BCUT2D eigenvalue weighted by molar-refractivity contribution is -0.0258. The first-order valence-corrected chi connectivity index (χ1v) is 5.68. The molecule has 0 bridgehead atoms. The van der Waals surface area contributed by atoms with Gasteiger partial charge in [-0.1, -0.05) is 0 Å². The van der Waals surface area contributed by atoms with Crippen molar-refractivity contribution in [2.24, 2.45) is 0 Å². The van der Waals surface area contributed by atoms with Gasteiger partial charge in [0.05, 0.1) is 6.61 Å². The first kappa shape index (κ1) is 12.2. The summed E-state index contributed by atoms with van der Waals surface area (Å²) in [5, 5.41) is 38.8. The minimum Gasteiger partial charge on any atom is -0.394 e. The molecule has 3 rings (SSSR count). The zero-order valence-corrected chi connectivity index (χ0v) is 9.67. The van der Waals surface area contributed by atoms with Crippen molar-refractivity contribution in [1.29, 1.82) is 0 Å². The van der Waals surface area contributed by atoms with E-state index in [9.17, 15) is 15.0 Å². The van der Waals surface area contributed by atoms with E-state index in [0.29, 0.717) is 5.65 Å². The minimum atomic E-state index is -1.26. The van der Waals surface area contributed by atoms with Crippen LogP contribution in [0.4, 0.5) is 0 Å². The van der Waals surface area contributed by atoms with Crippen LogP contribution in [0.2, 0.25) is 0 Å². The number of hydrogen-bond acceptors (Lipinski definition) is 7. The lowest BCUT2D eigenvalue weighted by Gasteiger charge is -2.12. The second kappa shape index (κ2) is 4.38. The molecule has 0 aliphatic carbocycles. The number of aliphatic hydroxyl groups is 3. The smallest absolute Gasteiger partial charge is 0.263 e. The largest absolute Gasteiger partial charge is 0.394 e. The summed E-state index contributed by atoms with van der Waals surface area (Å²) in [6.07, 6.45) is -4.35. The van der Waals surface area contributed by atoms with Crippen LogP contribution in [-0.4, -0.2) is 60.0 Å². The van der Waals surface area contributed by atoms with Crippen molar-refractivity contribution in [2.75, 3.05) is 6.61 Å². The molecule has 9 nitrogen and oxygen atoms in total. The number of rotatable bonds is 2. The topological polar surface area (TPSA) is 133 Å². The van der Waals surface area contributed by atoms with Gasteiger partial charge in [-0.05, 0) is 6.07 Å². The quantitative estimate of drug-likeness (QED) is 0.476. The summed E-state index contributed by atoms with van der Waals surface area (Å²) in [7, 11) is 0. The summed E-state index contributed by atoms with van der Waals surface area (Å²) < 4.78 is 6.61. The number of aliphatic hydroxyl groups excluding tert-OH is 3. The van der Waals surface area contributed by atoms with Crippen LogP contribution >= 0.6 is 0 Å². The van der Waals surface area contributed by atoms with E-state index in [1.165, 1.54) is 16.6 Å². The van der Waals surface area contributed by atoms with Crippen molar-refractivity contribution >= 4 is 5.65 Å². The Kier molecular flexibility index (Phi) is 2.82. The first-order valence-electron chi connectivity index (χ1n) is 5.68. The van der Waals surface area contributed by atoms with Crippen molar-refractivity contribution in [3.05, 3.63) is 28.3 Å². The summed E-state index contributed by atoms with van der Waals surface area (Å²) in [5.41, 5.74) is 0.0210. The highest BCUT2D eigenvalue weighted by atomic mass is 16.6. The second-order valence-electron chi connectivity index (χ2n) is 4.32. The highest BCUT2D eigenvalue weighted by Crippen LogP contribution is 2.32. The molecule has 1 fully saturated rings. The van der Waals surface area contributed by atoms with Gasteiger partial charge in [0.2, 0.25) is 0 Å². The van der Waals surface area contributed by atoms with E-state index in [0.717, 1.165) is 0 Å². The fourth-order valence-corrected chi connectivity index (χ4v) is 2.13. The van der Waals surface area contributed by atoms with Gasteiger partial charge in [-0.15, -0.1) is 10.2 Å². The second-order valence-corrected chi connectivity index (χ2v) is 4.32. The number of nitrogens with one attached hydrogen (secondary N) is 1. The molecule has 0 aromatic carbocycles. The Morgan fingerprint density at radius 3 is 2.79 bits per heavy atom. The summed E-state index contributed by atoms with van der Waals surface area (Å²) in [5.74, 6) is 0.162. The summed E-state index contributed by atoms with van der Waals surface area (Å²) in [6.45, 7) is -0.429. The molecule has 1 aliphatic rings. The van der Waals surface area contributed by atoms with Crippen molar-refractivity contribution in [3.63, 3.8) is 0 Å². The lowest BCUT2D eigenvalue weighted by atomic mass is 10.1. The maximum Gasteiger partial charge on any atom is 0.263 e. The van der Waals surface area contributed by atoms with Gasteiger partial charge in [0.15, 0.2) is 11.5 Å². The van der Waals surface area contributed by atoms with Gasteiger partial charge < -0.3 is 20.1 Å². The Balaban J connectivity index is 2.05. The van der Waals surface area contributed by atoms with Crippen LogP contribution in [0, 0.1) is 0 Å². The zero-order chi connectivity index (χ0) is 13.6. The number of aromatic amines is 1. The molecule has 0 unspecified atom stereocenters. The van der Waals surface area contributed by atoms with Gasteiger partial charge in [-0.2, -0.15) is 0 Å². The number of hydrogen-bond donors (Lipinski definition) is 4. The molecule has 3 heterocycles. The predicted octanol–water partition coefficient (Wildman–Crippen LogP) is -2.43. The van der Waals surface area contributed by atoms with Gasteiger partial charge in [0.25, 0.3) is 5.56 Å². The average molecular weight is 268 g/mol. The van der Waals surface area contributed by atoms with E-state index in [1.807, 2.05) is 0 Å². The fraction of sp³-hybridized carbons (Fsp3) is 0.500. The summed E-state index contributed by atoms with van der Waals surface area (Å²) >= 11 is 0. The normalized spacial score (nSPS) is 31.1. The zero-order valence-electron chi connectivity index (χ0n) is 9.67. The van der Waals surface area contributed by atoms with Crippen molar-refractivity contribution in [2.45, 2.75) is 24.4 Å². The van der Waals surface area contributed by atoms with E-state index in [2.05, 4.69) is 15.3 Å². The van der Waals surface area contributed by atoms with Crippen LogP contribution in [0.5, 0.6) is 0 Å². The van der Waals surface area contributed by atoms with E-state index in [4.69, 9.17) is 9.84 Å². The van der Waals surface area contributed by atoms with Crippen molar-refractivity contribution in [3.8, 4) is 0 Å². The Labute approximate surface area is 106 Å². The van der Waals surface area contributed by atoms with Crippen LogP contribution < -0.4 is 5.56 Å². The number of fused-ring (bicyclic) bond motifs is 1. The molecule has 102 valence electrons.